The van der Waals surface area contributed by atoms with E-state index in [0.717, 1.165) is 11.2 Å². The van der Waals surface area contributed by atoms with Gasteiger partial charge in [-0.1, -0.05) is 40.7 Å². The van der Waals surface area contributed by atoms with Gasteiger partial charge in [0.25, 0.3) is 0 Å². The fraction of sp³-hybridized carbons (Fsp3) is 0.700. The molecular weight excluding hydrogens is 861 g/mol. The first-order valence-corrected chi connectivity index (χ1v) is 24.1. The number of aliphatic hydroxyl groups excluding tert-OH is 1. The third-order valence-corrected chi connectivity index (χ3v) is 14.9. The van der Waals surface area contributed by atoms with E-state index in [0.29, 0.717) is 38.0 Å². The summed E-state index contributed by atoms with van der Waals surface area (Å²) in [6.07, 6.45) is 1.73. The van der Waals surface area contributed by atoms with Gasteiger partial charge in [-0.25, -0.2) is 14.8 Å². The minimum absolute atomic E-state index is 0.109. The van der Waals surface area contributed by atoms with Crippen LogP contribution in [0.5, 0.6) is 0 Å². The summed E-state index contributed by atoms with van der Waals surface area (Å²) in [4.78, 5) is 74.9. The van der Waals surface area contributed by atoms with Crippen LogP contribution in [0.2, 0.25) is 0 Å². The minimum atomic E-state index is -1.61. The van der Waals surface area contributed by atoms with E-state index in [4.69, 9.17) is 28.4 Å². The molecule has 0 radical (unpaired) electrons. The number of imidazole rings is 1. The fourth-order valence-electron chi connectivity index (χ4n) is 11.0. The molecule has 0 aliphatic carbocycles. The number of likely N-dealkylation sites (N-methyl/N-ethyl adjacent to an activating group) is 1. The molecule has 14 atom stereocenters. The lowest BCUT2D eigenvalue weighted by atomic mass is 9.73. The van der Waals surface area contributed by atoms with Crippen molar-refractivity contribution in [1.82, 2.24) is 29.3 Å². The zero-order valence-electron chi connectivity index (χ0n) is 41.5. The number of aryl methyl sites for hydroxylation is 1. The van der Waals surface area contributed by atoms with E-state index in [9.17, 15) is 19.5 Å². The first-order chi connectivity index (χ1) is 31.7. The van der Waals surface area contributed by atoms with Crippen LogP contribution in [0, 0.1) is 23.7 Å². The first-order valence-electron chi connectivity index (χ1n) is 24.1. The number of carbonyl (C=O) groups is 4. The number of hydrogen-bond donors (Lipinski definition) is 1. The summed E-state index contributed by atoms with van der Waals surface area (Å²) in [7, 11) is 3.47. The first kappa shape index (κ1) is 51.8. The van der Waals surface area contributed by atoms with Crippen molar-refractivity contribution in [2.24, 2.45) is 23.7 Å². The summed E-state index contributed by atoms with van der Waals surface area (Å²) in [5.41, 5.74) is -0.732. The van der Waals surface area contributed by atoms with Crippen molar-refractivity contribution in [3.05, 3.63) is 54.7 Å². The van der Waals surface area contributed by atoms with Crippen molar-refractivity contribution in [2.45, 2.75) is 174 Å². The number of ether oxygens (including phenoxy) is 6. The Morgan fingerprint density at radius 1 is 0.955 bits per heavy atom. The average Bonchev–Trinajstić information content (AvgIpc) is 3.84. The SMILES string of the molecule is CC[C@H]1OC(=O)[C@H](C)[C@@H](OC(=O)Cc2ccccn2)[C@H](C)[C@@H](O[C@]2(C)O[C@H](C)C[C@H](N(C)CC)[C@H]2O)[C@](C)(OC)C[C@@H](C)C(=O)[C@H](C)[C@H]2N(CCCCn3cnc4cccnc43)C(=O)O[C@]12C. The molecule has 0 saturated carbocycles. The molecule has 3 aromatic heterocycles. The number of amides is 1. The van der Waals surface area contributed by atoms with E-state index in [2.05, 4.69) is 19.9 Å². The van der Waals surface area contributed by atoms with Crippen molar-refractivity contribution in [3.63, 3.8) is 0 Å². The predicted octanol–water partition coefficient (Wildman–Crippen LogP) is 6.18. The maximum absolute atomic E-state index is 15.1. The van der Waals surface area contributed by atoms with Crippen LogP contribution in [0.3, 0.4) is 0 Å². The van der Waals surface area contributed by atoms with Crippen molar-refractivity contribution in [3.8, 4) is 0 Å². The lowest BCUT2D eigenvalue weighted by Crippen LogP contribution is -2.65. The fourth-order valence-corrected chi connectivity index (χ4v) is 11.0. The van der Waals surface area contributed by atoms with Gasteiger partial charge < -0.3 is 47.9 Å². The molecular formula is C50H74N6O11. The molecule has 1 amide bonds. The number of carbonyl (C=O) groups excluding carboxylic acids is 4. The van der Waals surface area contributed by atoms with E-state index >= 15 is 4.79 Å². The zero-order chi connectivity index (χ0) is 49.0. The molecule has 0 aromatic carbocycles. The van der Waals surface area contributed by atoms with E-state index in [1.807, 2.05) is 58.4 Å². The smallest absolute Gasteiger partial charge is 0.410 e. The number of unbranched alkanes of at least 4 members (excludes halogenated alkanes) is 1. The van der Waals surface area contributed by atoms with Gasteiger partial charge in [0.1, 0.15) is 29.6 Å². The highest BCUT2D eigenvalue weighted by Gasteiger charge is 2.61. The van der Waals surface area contributed by atoms with E-state index in [-0.39, 0.29) is 43.7 Å². The molecule has 17 heteroatoms. The number of aliphatic hydroxyl groups is 1. The van der Waals surface area contributed by atoms with Crippen LogP contribution in [-0.2, 0) is 55.8 Å². The molecule has 3 aliphatic heterocycles. The topological polar surface area (TPSA) is 194 Å². The molecule has 67 heavy (non-hydrogen) atoms. The van der Waals surface area contributed by atoms with Gasteiger partial charge >= 0.3 is 18.0 Å². The highest BCUT2D eigenvalue weighted by atomic mass is 16.7. The Balaban J connectivity index is 1.39. The van der Waals surface area contributed by atoms with Crippen LogP contribution in [0.25, 0.3) is 11.2 Å². The maximum Gasteiger partial charge on any atom is 0.410 e. The Labute approximate surface area is 395 Å². The quantitative estimate of drug-likeness (QED) is 0.109. The van der Waals surface area contributed by atoms with Gasteiger partial charge in [0.05, 0.1) is 48.2 Å². The van der Waals surface area contributed by atoms with Crippen molar-refractivity contribution >= 4 is 35.0 Å². The summed E-state index contributed by atoms with van der Waals surface area (Å²) in [5.74, 6) is -6.52. The number of Topliss-reactive ketones (excluding diaryl/α,β-unsaturated/α-hetero) is 1. The van der Waals surface area contributed by atoms with Crippen LogP contribution < -0.4 is 0 Å². The standard InChI is InChI=1S/C50H74N6O11/c1-13-38-49(9)42(56(47(61)67-49)25-18-17-24-55-29-53-36-21-19-23-52-45(36)55)32(5)40(58)30(3)28-48(8,62-12)44(66-50(10)43(59)37(54(11)14-2)26-31(4)65-50)33(6)41(34(7)46(60)63-38)64-39(57)27-35-20-15-16-22-51-35/h15-16,19-23,29-34,37-38,41-44,59H,13-14,17-18,24-28H2,1-12H3/t30-,31-,32+,33+,34-,37+,38-,41+,42-,43-,44-,48-,49-,50+/m1/s1. The average molecular weight is 935 g/mol. The van der Waals surface area contributed by atoms with Crippen LogP contribution >= 0.6 is 0 Å². The van der Waals surface area contributed by atoms with Gasteiger partial charge in [-0.15, -0.1) is 0 Å². The van der Waals surface area contributed by atoms with Gasteiger partial charge in [-0.05, 0) is 105 Å². The third kappa shape index (κ3) is 10.9. The molecule has 3 aromatic rings. The second-order valence-electron chi connectivity index (χ2n) is 19.7. The molecule has 0 spiro atoms. The molecule has 0 bridgehead atoms. The Kier molecular flexibility index (Phi) is 16.6. The molecule has 0 unspecified atom stereocenters. The van der Waals surface area contributed by atoms with Gasteiger partial charge in [-0.2, -0.15) is 0 Å². The summed E-state index contributed by atoms with van der Waals surface area (Å²) in [6.45, 7) is 19.7. The van der Waals surface area contributed by atoms with Gasteiger partial charge in [-0.3, -0.25) is 19.4 Å². The number of methoxy groups -OCH3 is 1. The van der Waals surface area contributed by atoms with Crippen LogP contribution in [0.1, 0.15) is 107 Å². The monoisotopic (exact) mass is 935 g/mol. The molecule has 6 rings (SSSR count). The molecule has 17 nitrogen and oxygen atoms in total. The Morgan fingerprint density at radius 2 is 1.67 bits per heavy atom. The van der Waals surface area contributed by atoms with E-state index in [1.54, 1.807) is 76.4 Å². The van der Waals surface area contributed by atoms with Crippen LogP contribution in [-0.4, -0.2) is 145 Å². The van der Waals surface area contributed by atoms with Crippen LogP contribution in [0.15, 0.2) is 49.1 Å². The third-order valence-electron chi connectivity index (χ3n) is 14.9. The lowest BCUT2D eigenvalue weighted by molar-refractivity contribution is -0.359. The number of cyclic esters (lactones) is 1. The van der Waals surface area contributed by atoms with Gasteiger partial charge in [0, 0.05) is 56.4 Å². The van der Waals surface area contributed by atoms with Crippen LogP contribution in [0.4, 0.5) is 4.79 Å². The van der Waals surface area contributed by atoms with Gasteiger partial charge in [0.15, 0.2) is 17.0 Å². The molecule has 6 heterocycles. The Bertz CT molecular complexity index is 2180. The molecule has 3 aliphatic rings. The summed E-state index contributed by atoms with van der Waals surface area (Å²) >= 11 is 0. The van der Waals surface area contributed by atoms with Crippen molar-refractivity contribution in [1.29, 1.82) is 0 Å². The summed E-state index contributed by atoms with van der Waals surface area (Å²) < 4.78 is 41.1. The highest BCUT2D eigenvalue weighted by Crippen LogP contribution is 2.45. The maximum atomic E-state index is 15.1. The lowest BCUT2D eigenvalue weighted by Gasteiger charge is -2.52. The number of esters is 2. The summed E-state index contributed by atoms with van der Waals surface area (Å²) in [6, 6.07) is 7.82. The number of nitrogens with zero attached hydrogens (tertiary/aromatic N) is 6. The second kappa shape index (κ2) is 21.4. The minimum Gasteiger partial charge on any atom is -0.461 e. The molecule has 1 N–H and O–H groups in total. The van der Waals surface area contributed by atoms with E-state index in [1.165, 1.54) is 7.11 Å². The highest BCUT2D eigenvalue weighted by molar-refractivity contribution is 5.85. The number of pyridine rings is 2. The molecule has 3 fully saturated rings. The largest absolute Gasteiger partial charge is 0.461 e. The normalized spacial score (nSPS) is 35.5. The van der Waals surface area contributed by atoms with Crippen molar-refractivity contribution in [2.75, 3.05) is 27.2 Å². The van der Waals surface area contributed by atoms with Gasteiger partial charge in [0.2, 0.25) is 0 Å². The predicted molar refractivity (Wildman–Crippen MR) is 248 cm³/mol. The zero-order valence-corrected chi connectivity index (χ0v) is 41.5. The number of aromatic nitrogens is 4. The number of ketones is 1. The second-order valence-corrected chi connectivity index (χ2v) is 19.7. The number of fused-ring (bicyclic) bond motifs is 2. The van der Waals surface area contributed by atoms with E-state index < -0.39 is 89.2 Å². The number of hydrogen-bond acceptors (Lipinski definition) is 15. The summed E-state index contributed by atoms with van der Waals surface area (Å²) in [5, 5.41) is 12.1. The van der Waals surface area contributed by atoms with Crippen molar-refractivity contribution < 1.29 is 52.7 Å². The molecule has 370 valence electrons. The Morgan fingerprint density at radius 3 is 2.34 bits per heavy atom. The Hall–Kier alpha value is -4.55. The molecule has 3 saturated heterocycles. The number of rotatable bonds is 14.